The summed E-state index contributed by atoms with van der Waals surface area (Å²) in [7, 11) is 0. The molecular formula is C18H22N2O. The van der Waals surface area contributed by atoms with Gasteiger partial charge in [-0.2, -0.15) is 0 Å². The molecular weight excluding hydrogens is 260 g/mol. The Hall–Kier alpha value is -2.16. The summed E-state index contributed by atoms with van der Waals surface area (Å²) in [5, 5.41) is 0. The van der Waals surface area contributed by atoms with Gasteiger partial charge < -0.3 is 15.4 Å². The normalized spacial score (nSPS) is 17.1. The molecule has 110 valence electrons. The Morgan fingerprint density at radius 2 is 1.95 bits per heavy atom. The Kier molecular flexibility index (Phi) is 3.50. The Balaban J connectivity index is 2.02. The van der Waals surface area contributed by atoms with Gasteiger partial charge in [0.15, 0.2) is 0 Å². The first-order chi connectivity index (χ1) is 10.0. The number of benzene rings is 2. The Bertz CT molecular complexity index is 651. The molecule has 1 aliphatic heterocycles. The van der Waals surface area contributed by atoms with Crippen LogP contribution in [0.4, 0.5) is 17.1 Å². The average Bonchev–Trinajstić information content (AvgIpc) is 2.72. The largest absolute Gasteiger partial charge is 0.491 e. The topological polar surface area (TPSA) is 38.5 Å². The fourth-order valence-corrected chi connectivity index (χ4v) is 3.04. The summed E-state index contributed by atoms with van der Waals surface area (Å²) < 4.78 is 5.81. The highest BCUT2D eigenvalue weighted by molar-refractivity contribution is 5.74. The molecule has 1 unspecified atom stereocenters. The smallest absolute Gasteiger partial charge is 0.123 e. The predicted molar refractivity (Wildman–Crippen MR) is 88.4 cm³/mol. The summed E-state index contributed by atoms with van der Waals surface area (Å²) in [6.07, 6.45) is 1.20. The monoisotopic (exact) mass is 282 g/mol. The minimum atomic E-state index is 0.142. The minimum absolute atomic E-state index is 0.142. The first-order valence-corrected chi connectivity index (χ1v) is 7.49. The zero-order valence-electron chi connectivity index (χ0n) is 12.8. The van der Waals surface area contributed by atoms with E-state index >= 15 is 0 Å². The second kappa shape index (κ2) is 5.32. The fraction of sp³-hybridized carbons (Fsp3) is 0.333. The summed E-state index contributed by atoms with van der Waals surface area (Å²) >= 11 is 0. The van der Waals surface area contributed by atoms with Crippen LogP contribution in [0.25, 0.3) is 0 Å². The van der Waals surface area contributed by atoms with E-state index in [1.807, 2.05) is 26.0 Å². The maximum absolute atomic E-state index is 6.06. The summed E-state index contributed by atoms with van der Waals surface area (Å²) in [5.41, 5.74) is 10.6. The van der Waals surface area contributed by atoms with Crippen molar-refractivity contribution < 1.29 is 4.74 Å². The summed E-state index contributed by atoms with van der Waals surface area (Å²) in [4.78, 5) is 2.35. The molecule has 21 heavy (non-hydrogen) atoms. The van der Waals surface area contributed by atoms with Crippen molar-refractivity contribution in [3.8, 4) is 5.75 Å². The van der Waals surface area contributed by atoms with Crippen LogP contribution in [0, 0.1) is 0 Å². The molecule has 1 atom stereocenters. The molecule has 1 heterocycles. The zero-order chi connectivity index (χ0) is 15.0. The number of nitrogens with two attached hydrogens (primary N) is 1. The first-order valence-electron chi connectivity index (χ1n) is 7.49. The first kappa shape index (κ1) is 13.8. The van der Waals surface area contributed by atoms with Gasteiger partial charge >= 0.3 is 0 Å². The highest BCUT2D eigenvalue weighted by Gasteiger charge is 2.27. The Labute approximate surface area is 126 Å². The quantitative estimate of drug-likeness (QED) is 0.860. The molecule has 0 fully saturated rings. The molecule has 0 amide bonds. The van der Waals surface area contributed by atoms with Crippen molar-refractivity contribution in [2.45, 2.75) is 39.3 Å². The molecule has 0 spiro atoms. The number of fused-ring (bicyclic) bond motifs is 1. The van der Waals surface area contributed by atoms with Crippen LogP contribution in [0.1, 0.15) is 26.3 Å². The van der Waals surface area contributed by atoms with Crippen LogP contribution >= 0.6 is 0 Å². The van der Waals surface area contributed by atoms with Crippen LogP contribution in [0.3, 0.4) is 0 Å². The lowest BCUT2D eigenvalue weighted by Gasteiger charge is -2.26. The van der Waals surface area contributed by atoms with Crippen molar-refractivity contribution in [2.24, 2.45) is 0 Å². The number of hydrogen-bond acceptors (Lipinski definition) is 3. The van der Waals surface area contributed by atoms with Gasteiger partial charge in [-0.15, -0.1) is 0 Å². The van der Waals surface area contributed by atoms with E-state index in [1.54, 1.807) is 0 Å². The third-order valence-electron chi connectivity index (χ3n) is 3.77. The van der Waals surface area contributed by atoms with Gasteiger partial charge in [0.1, 0.15) is 5.75 Å². The van der Waals surface area contributed by atoms with Crippen LogP contribution in [0.15, 0.2) is 42.5 Å². The lowest BCUT2D eigenvalue weighted by atomic mass is 10.1. The maximum atomic E-state index is 6.06. The van der Waals surface area contributed by atoms with Gasteiger partial charge in [-0.25, -0.2) is 0 Å². The van der Waals surface area contributed by atoms with Crippen LogP contribution in [0.5, 0.6) is 5.75 Å². The van der Waals surface area contributed by atoms with E-state index in [9.17, 15) is 0 Å². The van der Waals surface area contributed by atoms with E-state index in [1.165, 1.54) is 11.3 Å². The predicted octanol–water partition coefficient (Wildman–Crippen LogP) is 4.14. The molecule has 2 aromatic rings. The van der Waals surface area contributed by atoms with Gasteiger partial charge in [-0.1, -0.05) is 18.2 Å². The SMILES string of the molecule is CC(C)Oc1cc(N)cc(N2c3ccccc3CC2C)c1. The van der Waals surface area contributed by atoms with Crippen LogP contribution in [-0.4, -0.2) is 12.1 Å². The third-order valence-corrected chi connectivity index (χ3v) is 3.77. The Morgan fingerprint density at radius 1 is 1.19 bits per heavy atom. The van der Waals surface area contributed by atoms with Crippen molar-refractivity contribution in [3.63, 3.8) is 0 Å². The van der Waals surface area contributed by atoms with Crippen molar-refractivity contribution in [1.29, 1.82) is 0 Å². The molecule has 1 aliphatic rings. The van der Waals surface area contributed by atoms with Gasteiger partial charge in [-0.05, 0) is 44.9 Å². The van der Waals surface area contributed by atoms with E-state index in [0.29, 0.717) is 6.04 Å². The van der Waals surface area contributed by atoms with E-state index < -0.39 is 0 Å². The highest BCUT2D eigenvalue weighted by Crippen LogP contribution is 2.40. The van der Waals surface area contributed by atoms with Crippen molar-refractivity contribution in [3.05, 3.63) is 48.0 Å². The molecule has 0 saturated carbocycles. The zero-order valence-corrected chi connectivity index (χ0v) is 12.8. The van der Waals surface area contributed by atoms with E-state index in [0.717, 1.165) is 23.5 Å². The second-order valence-corrected chi connectivity index (χ2v) is 5.98. The highest BCUT2D eigenvalue weighted by atomic mass is 16.5. The van der Waals surface area contributed by atoms with Crippen LogP contribution in [-0.2, 0) is 6.42 Å². The number of anilines is 3. The number of nitrogen functional groups attached to an aromatic ring is 1. The molecule has 0 aromatic heterocycles. The van der Waals surface area contributed by atoms with Gasteiger partial charge in [0.25, 0.3) is 0 Å². The average molecular weight is 282 g/mol. The minimum Gasteiger partial charge on any atom is -0.491 e. The lowest BCUT2D eigenvalue weighted by Crippen LogP contribution is -2.24. The molecule has 2 aromatic carbocycles. The molecule has 0 radical (unpaired) electrons. The van der Waals surface area contributed by atoms with Crippen molar-refractivity contribution >= 4 is 17.1 Å². The van der Waals surface area contributed by atoms with Gasteiger partial charge in [-0.3, -0.25) is 0 Å². The van der Waals surface area contributed by atoms with Crippen molar-refractivity contribution in [2.75, 3.05) is 10.6 Å². The maximum Gasteiger partial charge on any atom is 0.123 e. The van der Waals surface area contributed by atoms with E-state index in [-0.39, 0.29) is 6.10 Å². The Morgan fingerprint density at radius 3 is 2.71 bits per heavy atom. The van der Waals surface area contributed by atoms with E-state index in [2.05, 4.69) is 42.2 Å². The number of hydrogen-bond donors (Lipinski definition) is 1. The van der Waals surface area contributed by atoms with Crippen LogP contribution in [0.2, 0.25) is 0 Å². The second-order valence-electron chi connectivity index (χ2n) is 5.98. The number of para-hydroxylation sites is 1. The molecule has 2 N–H and O–H groups in total. The van der Waals surface area contributed by atoms with E-state index in [4.69, 9.17) is 10.5 Å². The van der Waals surface area contributed by atoms with Gasteiger partial charge in [0.2, 0.25) is 0 Å². The fourth-order valence-electron chi connectivity index (χ4n) is 3.04. The molecule has 3 heteroatoms. The summed E-state index contributed by atoms with van der Waals surface area (Å²) in [6.45, 7) is 6.29. The van der Waals surface area contributed by atoms with Gasteiger partial charge in [0, 0.05) is 35.2 Å². The lowest BCUT2D eigenvalue weighted by molar-refractivity contribution is 0.242. The molecule has 0 saturated heterocycles. The van der Waals surface area contributed by atoms with Gasteiger partial charge in [0.05, 0.1) is 6.10 Å². The molecule has 0 bridgehead atoms. The standard InChI is InChI=1S/C18H22N2O/c1-12(2)21-17-10-15(19)9-16(11-17)20-13(3)8-14-6-4-5-7-18(14)20/h4-7,9-13H,8,19H2,1-3H3. The number of nitrogens with zero attached hydrogens (tertiary/aromatic N) is 1. The molecule has 3 nitrogen and oxygen atoms in total. The molecule has 0 aliphatic carbocycles. The molecule has 3 rings (SSSR count). The number of rotatable bonds is 3. The third kappa shape index (κ3) is 2.68. The number of ether oxygens (including phenoxy) is 1. The summed E-state index contributed by atoms with van der Waals surface area (Å²) in [5.74, 6) is 0.830. The van der Waals surface area contributed by atoms with Crippen molar-refractivity contribution in [1.82, 2.24) is 0 Å². The summed E-state index contributed by atoms with van der Waals surface area (Å²) in [6, 6.07) is 15.0. The van der Waals surface area contributed by atoms with Crippen LogP contribution < -0.4 is 15.4 Å².